The van der Waals surface area contributed by atoms with Crippen LogP contribution in [0.25, 0.3) is 0 Å². The number of benzene rings is 2. The number of fused-ring (bicyclic) bond motifs is 2. The summed E-state index contributed by atoms with van der Waals surface area (Å²) in [6.07, 6.45) is 1.94. The van der Waals surface area contributed by atoms with Crippen LogP contribution in [0.5, 0.6) is 23.0 Å². The largest absolute Gasteiger partial charge is 0.454 e. The van der Waals surface area contributed by atoms with Gasteiger partial charge in [0.2, 0.25) is 13.6 Å². The third-order valence-electron chi connectivity index (χ3n) is 5.33. The summed E-state index contributed by atoms with van der Waals surface area (Å²) in [6, 6.07) is 13.3. The molecule has 2 aromatic rings. The topological polar surface area (TPSA) is 40.2 Å². The molecule has 0 N–H and O–H groups in total. The van der Waals surface area contributed by atoms with Crippen molar-refractivity contribution >= 4 is 0 Å². The Morgan fingerprint density at radius 2 is 1.15 bits per heavy atom. The van der Waals surface area contributed by atoms with E-state index in [2.05, 4.69) is 50.1 Å². The van der Waals surface area contributed by atoms with Crippen LogP contribution in [0.15, 0.2) is 36.4 Å². The Bertz CT molecular complexity index is 726. The molecule has 0 bridgehead atoms. The number of ether oxygens (including phenoxy) is 4. The van der Waals surface area contributed by atoms with Crippen LogP contribution in [0.4, 0.5) is 0 Å². The quantitative estimate of drug-likeness (QED) is 0.791. The molecule has 2 aliphatic heterocycles. The van der Waals surface area contributed by atoms with Crippen LogP contribution >= 0.6 is 0 Å². The number of hydrogen-bond donors (Lipinski definition) is 0. The van der Waals surface area contributed by atoms with Gasteiger partial charge in [-0.25, -0.2) is 0 Å². The zero-order valence-electron chi connectivity index (χ0n) is 15.5. The maximum absolute atomic E-state index is 5.49. The van der Waals surface area contributed by atoms with Crippen LogP contribution in [0.3, 0.4) is 0 Å². The fourth-order valence-electron chi connectivity index (χ4n) is 3.54. The van der Waals surface area contributed by atoms with Gasteiger partial charge in [0.1, 0.15) is 0 Å². The fourth-order valence-corrected chi connectivity index (χ4v) is 3.54. The van der Waals surface area contributed by atoms with Crippen molar-refractivity contribution < 1.29 is 18.9 Å². The molecule has 138 valence electrons. The molecule has 2 aromatic carbocycles. The Balaban J connectivity index is 1.37. The molecule has 0 saturated carbocycles. The highest BCUT2D eigenvalue weighted by Crippen LogP contribution is 2.34. The molecule has 2 aliphatic rings. The summed E-state index contributed by atoms with van der Waals surface area (Å²) in [6.45, 7) is 5.17. The second kappa shape index (κ2) is 7.08. The standard InChI is InChI=1S/C21H25NO4/c1-14(8-16-4-6-18-20(10-16)25-12-23-18)22(3)15(2)9-17-5-7-19-21(11-17)26-13-24-19/h4-7,10-11,14-15H,8-9,12-13H2,1-3H3. The Morgan fingerprint density at radius 3 is 1.62 bits per heavy atom. The maximum Gasteiger partial charge on any atom is 0.231 e. The second-order valence-corrected chi connectivity index (χ2v) is 7.15. The summed E-state index contributed by atoms with van der Waals surface area (Å²) >= 11 is 0. The third-order valence-corrected chi connectivity index (χ3v) is 5.33. The lowest BCUT2D eigenvalue weighted by atomic mass is 10.0. The predicted octanol–water partition coefficient (Wildman–Crippen LogP) is 3.64. The van der Waals surface area contributed by atoms with Gasteiger partial charge in [0.05, 0.1) is 0 Å². The summed E-state index contributed by atoms with van der Waals surface area (Å²) in [5, 5.41) is 0. The molecule has 2 heterocycles. The molecule has 0 aliphatic carbocycles. The van der Waals surface area contributed by atoms with E-state index < -0.39 is 0 Å². The maximum atomic E-state index is 5.49. The molecule has 0 radical (unpaired) electrons. The van der Waals surface area contributed by atoms with Crippen molar-refractivity contribution in [1.82, 2.24) is 4.90 Å². The van der Waals surface area contributed by atoms with Crippen LogP contribution in [0.1, 0.15) is 25.0 Å². The van der Waals surface area contributed by atoms with Gasteiger partial charge in [-0.15, -0.1) is 0 Å². The lowest BCUT2D eigenvalue weighted by molar-refractivity contribution is 0.173. The lowest BCUT2D eigenvalue weighted by Crippen LogP contribution is -2.39. The zero-order valence-corrected chi connectivity index (χ0v) is 15.5. The zero-order chi connectivity index (χ0) is 18.1. The van der Waals surface area contributed by atoms with Crippen LogP contribution < -0.4 is 18.9 Å². The number of likely N-dealkylation sites (N-methyl/N-ethyl adjacent to an activating group) is 1. The van der Waals surface area contributed by atoms with Gasteiger partial charge in [-0.1, -0.05) is 12.1 Å². The summed E-state index contributed by atoms with van der Waals surface area (Å²) in [5.74, 6) is 3.38. The van der Waals surface area contributed by atoms with Crippen LogP contribution in [0, 0.1) is 0 Å². The molecule has 0 amide bonds. The Kier molecular flexibility index (Phi) is 4.64. The van der Waals surface area contributed by atoms with Gasteiger partial charge in [0, 0.05) is 12.1 Å². The highest BCUT2D eigenvalue weighted by atomic mass is 16.7. The van der Waals surface area contributed by atoms with Crippen molar-refractivity contribution in [1.29, 1.82) is 0 Å². The van der Waals surface area contributed by atoms with Gasteiger partial charge in [-0.05, 0) is 69.1 Å². The number of hydrogen-bond acceptors (Lipinski definition) is 5. The van der Waals surface area contributed by atoms with Gasteiger partial charge in [0.25, 0.3) is 0 Å². The summed E-state index contributed by atoms with van der Waals surface area (Å²) < 4.78 is 21.8. The molecular formula is C21H25NO4. The first kappa shape index (κ1) is 17.0. The lowest BCUT2D eigenvalue weighted by Gasteiger charge is -2.31. The van der Waals surface area contributed by atoms with Crippen molar-refractivity contribution in [2.75, 3.05) is 20.6 Å². The monoisotopic (exact) mass is 355 g/mol. The minimum Gasteiger partial charge on any atom is -0.454 e. The van der Waals surface area contributed by atoms with Crippen molar-refractivity contribution in [3.05, 3.63) is 47.5 Å². The number of nitrogens with zero attached hydrogens (tertiary/aromatic N) is 1. The van der Waals surface area contributed by atoms with E-state index >= 15 is 0 Å². The summed E-state index contributed by atoms with van der Waals surface area (Å²) in [5.41, 5.74) is 2.53. The predicted molar refractivity (Wildman–Crippen MR) is 99.2 cm³/mol. The van der Waals surface area contributed by atoms with Crippen molar-refractivity contribution in [3.63, 3.8) is 0 Å². The second-order valence-electron chi connectivity index (χ2n) is 7.15. The summed E-state index contributed by atoms with van der Waals surface area (Å²) in [4.78, 5) is 2.43. The third kappa shape index (κ3) is 3.44. The average molecular weight is 355 g/mol. The van der Waals surface area contributed by atoms with Crippen LogP contribution in [-0.2, 0) is 12.8 Å². The minimum atomic E-state index is 0.320. The van der Waals surface area contributed by atoms with Crippen molar-refractivity contribution in [3.8, 4) is 23.0 Å². The van der Waals surface area contributed by atoms with E-state index in [-0.39, 0.29) is 0 Å². The highest BCUT2D eigenvalue weighted by molar-refractivity contribution is 5.45. The molecular weight excluding hydrogens is 330 g/mol. The first-order valence-electron chi connectivity index (χ1n) is 9.09. The highest BCUT2D eigenvalue weighted by Gasteiger charge is 2.20. The Labute approximate surface area is 154 Å². The molecule has 5 nitrogen and oxygen atoms in total. The van der Waals surface area contributed by atoms with E-state index in [1.54, 1.807) is 0 Å². The van der Waals surface area contributed by atoms with Crippen molar-refractivity contribution in [2.45, 2.75) is 38.8 Å². The van der Waals surface area contributed by atoms with Crippen LogP contribution in [0.2, 0.25) is 0 Å². The van der Waals surface area contributed by atoms with E-state index in [4.69, 9.17) is 18.9 Å². The minimum absolute atomic E-state index is 0.320. The van der Waals surface area contributed by atoms with Crippen LogP contribution in [-0.4, -0.2) is 37.6 Å². The van der Waals surface area contributed by atoms with E-state index in [0.29, 0.717) is 25.7 Å². The smallest absolute Gasteiger partial charge is 0.231 e. The Morgan fingerprint density at radius 1 is 0.731 bits per heavy atom. The molecule has 4 rings (SSSR count). The van der Waals surface area contributed by atoms with Gasteiger partial charge in [0.15, 0.2) is 23.0 Å². The first-order chi connectivity index (χ1) is 12.6. The molecule has 26 heavy (non-hydrogen) atoms. The first-order valence-corrected chi connectivity index (χ1v) is 9.09. The van der Waals surface area contributed by atoms with E-state index in [0.717, 1.165) is 35.8 Å². The Hall–Kier alpha value is -2.40. The average Bonchev–Trinajstić information content (AvgIpc) is 3.28. The molecule has 0 aromatic heterocycles. The van der Waals surface area contributed by atoms with E-state index in [1.165, 1.54) is 11.1 Å². The molecule has 0 spiro atoms. The van der Waals surface area contributed by atoms with Gasteiger partial charge in [-0.2, -0.15) is 0 Å². The van der Waals surface area contributed by atoms with E-state index in [1.807, 2.05) is 12.1 Å². The fraction of sp³-hybridized carbons (Fsp3) is 0.429. The van der Waals surface area contributed by atoms with Gasteiger partial charge < -0.3 is 23.8 Å². The van der Waals surface area contributed by atoms with Crippen molar-refractivity contribution in [2.24, 2.45) is 0 Å². The summed E-state index contributed by atoms with van der Waals surface area (Å²) in [7, 11) is 2.19. The SMILES string of the molecule is CC(Cc1ccc2c(c1)OCO2)N(C)C(C)Cc1ccc2c(c1)OCO2. The van der Waals surface area contributed by atoms with E-state index in [9.17, 15) is 0 Å². The normalized spacial score (nSPS) is 16.8. The molecule has 0 saturated heterocycles. The van der Waals surface area contributed by atoms with Gasteiger partial charge in [-0.3, -0.25) is 0 Å². The molecule has 5 heteroatoms. The molecule has 0 fully saturated rings. The number of rotatable bonds is 6. The van der Waals surface area contributed by atoms with Gasteiger partial charge >= 0.3 is 0 Å². The molecule has 2 atom stereocenters. The molecule has 2 unspecified atom stereocenters.